The van der Waals surface area contributed by atoms with E-state index < -0.39 is 11.9 Å². The number of amides is 3. The molecule has 1 atom stereocenters. The molecule has 0 radical (unpaired) electrons. The van der Waals surface area contributed by atoms with Gasteiger partial charge in [0, 0.05) is 37.3 Å². The van der Waals surface area contributed by atoms with Crippen molar-refractivity contribution in [2.24, 2.45) is 5.92 Å². The lowest BCUT2D eigenvalue weighted by Gasteiger charge is -2.38. The minimum absolute atomic E-state index is 0.103. The first-order valence-electron chi connectivity index (χ1n) is 12.1. The van der Waals surface area contributed by atoms with Gasteiger partial charge in [-0.05, 0) is 55.2 Å². The maximum absolute atomic E-state index is 13.6. The lowest BCUT2D eigenvalue weighted by Crippen LogP contribution is -2.56. The van der Waals surface area contributed by atoms with Crippen molar-refractivity contribution in [2.45, 2.75) is 18.9 Å². The number of hydrogen-bond acceptors (Lipinski definition) is 6. The molecule has 3 amide bonds. The molecule has 1 unspecified atom stereocenters. The fourth-order valence-corrected chi connectivity index (χ4v) is 4.86. The second kappa shape index (κ2) is 10.5. The molecule has 0 aromatic heterocycles. The van der Waals surface area contributed by atoms with Crippen LogP contribution in [0.15, 0.2) is 42.5 Å². The summed E-state index contributed by atoms with van der Waals surface area (Å²) in [6.45, 7) is 2.76. The van der Waals surface area contributed by atoms with E-state index in [1.165, 1.54) is 18.2 Å². The van der Waals surface area contributed by atoms with Crippen molar-refractivity contribution in [2.75, 3.05) is 46.2 Å². The van der Waals surface area contributed by atoms with Gasteiger partial charge >= 0.3 is 0 Å². The smallest absolute Gasteiger partial charge is 0.253 e. The number of halogens is 1. The van der Waals surface area contributed by atoms with Gasteiger partial charge in [0.1, 0.15) is 11.9 Å². The van der Waals surface area contributed by atoms with Crippen LogP contribution in [0.3, 0.4) is 0 Å². The lowest BCUT2D eigenvalue weighted by atomic mass is 9.87. The SMILES string of the molecule is O=C(NC(C(=O)N1CCOCC1)C1CCN(C(=O)c2cccc(F)c2)CC1)c1ccc2c(c1)OCO2. The summed E-state index contributed by atoms with van der Waals surface area (Å²) in [7, 11) is 0. The Bertz CT molecular complexity index is 1140. The summed E-state index contributed by atoms with van der Waals surface area (Å²) in [6.07, 6.45) is 1.06. The molecular weight excluding hydrogens is 469 g/mol. The minimum Gasteiger partial charge on any atom is -0.454 e. The molecule has 2 saturated heterocycles. The summed E-state index contributed by atoms with van der Waals surface area (Å²) >= 11 is 0. The van der Waals surface area contributed by atoms with Crippen LogP contribution in [0.1, 0.15) is 33.6 Å². The zero-order valence-electron chi connectivity index (χ0n) is 19.8. The van der Waals surface area contributed by atoms with Crippen molar-refractivity contribution in [3.05, 3.63) is 59.4 Å². The Morgan fingerprint density at radius 3 is 2.39 bits per heavy atom. The van der Waals surface area contributed by atoms with Crippen LogP contribution in [0, 0.1) is 11.7 Å². The van der Waals surface area contributed by atoms with Gasteiger partial charge < -0.3 is 29.3 Å². The van der Waals surface area contributed by atoms with Crippen LogP contribution >= 0.6 is 0 Å². The van der Waals surface area contributed by atoms with E-state index in [2.05, 4.69) is 5.32 Å². The monoisotopic (exact) mass is 497 g/mol. The number of nitrogens with zero attached hydrogens (tertiary/aromatic N) is 2. The van der Waals surface area contributed by atoms with E-state index in [4.69, 9.17) is 14.2 Å². The van der Waals surface area contributed by atoms with Gasteiger partial charge in [-0.15, -0.1) is 0 Å². The number of ether oxygens (including phenoxy) is 3. The Hall–Kier alpha value is -3.66. The molecule has 2 aromatic carbocycles. The van der Waals surface area contributed by atoms with Crippen molar-refractivity contribution in [1.29, 1.82) is 0 Å². The number of hydrogen-bond donors (Lipinski definition) is 1. The summed E-state index contributed by atoms with van der Waals surface area (Å²) in [5, 5.41) is 2.95. The average molecular weight is 498 g/mol. The van der Waals surface area contributed by atoms with Crippen LogP contribution in [-0.4, -0.2) is 79.7 Å². The highest BCUT2D eigenvalue weighted by molar-refractivity contribution is 5.98. The van der Waals surface area contributed by atoms with Crippen molar-refractivity contribution < 1.29 is 33.0 Å². The van der Waals surface area contributed by atoms with Crippen molar-refractivity contribution in [3.8, 4) is 11.5 Å². The number of likely N-dealkylation sites (tertiary alicyclic amines) is 1. The van der Waals surface area contributed by atoms with Gasteiger partial charge in [0.15, 0.2) is 11.5 Å². The van der Waals surface area contributed by atoms with Crippen LogP contribution in [0.2, 0.25) is 0 Å². The highest BCUT2D eigenvalue weighted by atomic mass is 19.1. The van der Waals surface area contributed by atoms with E-state index >= 15 is 0 Å². The van der Waals surface area contributed by atoms with Crippen LogP contribution in [0.4, 0.5) is 4.39 Å². The predicted molar refractivity (Wildman–Crippen MR) is 126 cm³/mol. The zero-order chi connectivity index (χ0) is 25.1. The Morgan fingerprint density at radius 1 is 0.889 bits per heavy atom. The van der Waals surface area contributed by atoms with Gasteiger partial charge in [-0.3, -0.25) is 14.4 Å². The van der Waals surface area contributed by atoms with Crippen molar-refractivity contribution in [1.82, 2.24) is 15.1 Å². The average Bonchev–Trinajstić information content (AvgIpc) is 3.39. The number of morpholine rings is 1. The van der Waals surface area contributed by atoms with Gasteiger partial charge in [-0.1, -0.05) is 6.07 Å². The molecule has 5 rings (SSSR count). The fraction of sp³-hybridized carbons (Fsp3) is 0.423. The first kappa shape index (κ1) is 24.1. The van der Waals surface area contributed by atoms with E-state index in [0.29, 0.717) is 74.9 Å². The topological polar surface area (TPSA) is 97.4 Å². The maximum atomic E-state index is 13.6. The number of carbonyl (C=O) groups excluding carboxylic acids is 3. The summed E-state index contributed by atoms with van der Waals surface area (Å²) in [4.78, 5) is 42.9. The largest absolute Gasteiger partial charge is 0.454 e. The van der Waals surface area contributed by atoms with E-state index in [1.807, 2.05) is 0 Å². The van der Waals surface area contributed by atoms with Gasteiger partial charge in [0.05, 0.1) is 13.2 Å². The highest BCUT2D eigenvalue weighted by Crippen LogP contribution is 2.32. The standard InChI is InChI=1S/C26H28FN3O6/c27-20-3-1-2-19(14-20)25(32)29-8-6-17(7-9-29)23(26(33)30-10-12-34-13-11-30)28-24(31)18-4-5-21-22(15-18)36-16-35-21/h1-5,14-15,17,23H,6-13,16H2,(H,28,31). The number of fused-ring (bicyclic) bond motifs is 1. The van der Waals surface area contributed by atoms with Crippen molar-refractivity contribution >= 4 is 17.7 Å². The Labute approximate surface area is 208 Å². The Kier molecular flexibility index (Phi) is 7.04. The molecular formula is C26H28FN3O6. The molecule has 1 N–H and O–H groups in total. The summed E-state index contributed by atoms with van der Waals surface area (Å²) in [5.74, 6) is -0.326. The maximum Gasteiger partial charge on any atom is 0.253 e. The van der Waals surface area contributed by atoms with E-state index in [0.717, 1.165) is 0 Å². The molecule has 0 aliphatic carbocycles. The summed E-state index contributed by atoms with van der Waals surface area (Å²) in [6, 6.07) is 9.80. The molecule has 2 aromatic rings. The van der Waals surface area contributed by atoms with Crippen LogP contribution in [0.25, 0.3) is 0 Å². The lowest BCUT2D eigenvalue weighted by molar-refractivity contribution is -0.139. The van der Waals surface area contributed by atoms with Crippen molar-refractivity contribution in [3.63, 3.8) is 0 Å². The van der Waals surface area contributed by atoms with Crippen LogP contribution < -0.4 is 14.8 Å². The minimum atomic E-state index is -0.743. The molecule has 3 aliphatic heterocycles. The summed E-state index contributed by atoms with van der Waals surface area (Å²) in [5.41, 5.74) is 0.670. The fourth-order valence-electron chi connectivity index (χ4n) is 4.86. The van der Waals surface area contributed by atoms with Gasteiger partial charge in [0.2, 0.25) is 12.7 Å². The Morgan fingerprint density at radius 2 is 1.64 bits per heavy atom. The zero-order valence-corrected chi connectivity index (χ0v) is 19.8. The van der Waals surface area contributed by atoms with Crippen LogP contribution in [0.5, 0.6) is 11.5 Å². The summed E-state index contributed by atoms with van der Waals surface area (Å²) < 4.78 is 29.7. The first-order chi connectivity index (χ1) is 17.5. The first-order valence-corrected chi connectivity index (χ1v) is 12.1. The number of benzene rings is 2. The highest BCUT2D eigenvalue weighted by Gasteiger charge is 2.37. The third-order valence-electron chi connectivity index (χ3n) is 6.88. The predicted octanol–water partition coefficient (Wildman–Crippen LogP) is 2.06. The molecule has 0 saturated carbocycles. The van der Waals surface area contributed by atoms with Gasteiger partial charge in [-0.2, -0.15) is 0 Å². The number of piperidine rings is 1. The second-order valence-electron chi connectivity index (χ2n) is 9.10. The molecule has 2 fully saturated rings. The number of carbonyl (C=O) groups is 3. The molecule has 10 heteroatoms. The Balaban J connectivity index is 1.29. The normalized spacial score (nSPS) is 18.6. The molecule has 3 aliphatic rings. The molecule has 3 heterocycles. The van der Waals surface area contributed by atoms with Gasteiger partial charge in [-0.25, -0.2) is 4.39 Å². The second-order valence-corrected chi connectivity index (χ2v) is 9.10. The molecule has 36 heavy (non-hydrogen) atoms. The molecule has 9 nitrogen and oxygen atoms in total. The van der Waals surface area contributed by atoms with E-state index in [9.17, 15) is 18.8 Å². The van der Waals surface area contributed by atoms with Crippen LogP contribution in [-0.2, 0) is 9.53 Å². The van der Waals surface area contributed by atoms with Gasteiger partial charge in [0.25, 0.3) is 11.8 Å². The number of nitrogens with one attached hydrogen (secondary N) is 1. The molecule has 190 valence electrons. The van der Waals surface area contributed by atoms with E-state index in [1.54, 1.807) is 34.1 Å². The molecule has 0 bridgehead atoms. The number of rotatable bonds is 5. The molecule has 0 spiro atoms. The third kappa shape index (κ3) is 5.13. The van der Waals surface area contributed by atoms with E-state index in [-0.39, 0.29) is 30.4 Å². The quantitative estimate of drug-likeness (QED) is 0.680. The third-order valence-corrected chi connectivity index (χ3v) is 6.88.